The highest BCUT2D eigenvalue weighted by atomic mass is 16.2. The van der Waals surface area contributed by atoms with E-state index in [0.29, 0.717) is 0 Å². The molecule has 1 aliphatic rings. The molecule has 0 spiro atoms. The highest BCUT2D eigenvalue weighted by Gasteiger charge is 2.34. The van der Waals surface area contributed by atoms with Gasteiger partial charge < -0.3 is 5.32 Å². The molecule has 60 valence electrons. The molecule has 0 bridgehead atoms. The summed E-state index contributed by atoms with van der Waals surface area (Å²) in [4.78, 5) is 11.3. The largest absolute Gasteiger partial charge is 0.326 e. The monoisotopic (exact) mass is 151 g/mol. The molecule has 0 aromatic carbocycles. The molecular formula is C9H13NO. The number of rotatable bonds is 2. The van der Waals surface area contributed by atoms with Crippen LogP contribution in [0.25, 0.3) is 0 Å². The van der Waals surface area contributed by atoms with Gasteiger partial charge in [-0.3, -0.25) is 4.79 Å². The molecule has 0 aromatic heterocycles. The summed E-state index contributed by atoms with van der Waals surface area (Å²) in [5, 5.41) is 2.75. The molecule has 0 aromatic rings. The topological polar surface area (TPSA) is 29.1 Å². The fraction of sp³-hybridized carbons (Fsp3) is 0.444. The first-order valence-corrected chi connectivity index (χ1v) is 3.79. The van der Waals surface area contributed by atoms with Crippen molar-refractivity contribution < 1.29 is 4.79 Å². The van der Waals surface area contributed by atoms with Gasteiger partial charge in [0.15, 0.2) is 0 Å². The minimum atomic E-state index is -0.316. The average molecular weight is 151 g/mol. The second kappa shape index (κ2) is 2.53. The van der Waals surface area contributed by atoms with Crippen molar-refractivity contribution in [3.8, 4) is 0 Å². The van der Waals surface area contributed by atoms with Crippen LogP contribution in [-0.2, 0) is 4.79 Å². The Morgan fingerprint density at radius 3 is 2.73 bits per heavy atom. The van der Waals surface area contributed by atoms with Gasteiger partial charge in [-0.2, -0.15) is 0 Å². The molecule has 0 saturated carbocycles. The van der Waals surface area contributed by atoms with Crippen LogP contribution >= 0.6 is 0 Å². The molecule has 1 heterocycles. The molecule has 1 unspecified atom stereocenters. The summed E-state index contributed by atoms with van der Waals surface area (Å²) in [7, 11) is 0. The lowest BCUT2D eigenvalue weighted by molar-refractivity contribution is -0.125. The zero-order valence-corrected chi connectivity index (χ0v) is 6.98. The van der Waals surface area contributed by atoms with Crippen LogP contribution in [0.15, 0.2) is 24.4 Å². The Bertz CT molecular complexity index is 230. The molecule has 2 heteroatoms. The Morgan fingerprint density at radius 1 is 1.82 bits per heavy atom. The van der Waals surface area contributed by atoms with E-state index in [0.717, 1.165) is 12.1 Å². The molecular weight excluding hydrogens is 138 g/mol. The summed E-state index contributed by atoms with van der Waals surface area (Å²) in [6.07, 6.45) is 4.43. The van der Waals surface area contributed by atoms with Gasteiger partial charge in [-0.15, -0.1) is 0 Å². The third kappa shape index (κ3) is 1.20. The van der Waals surface area contributed by atoms with Gasteiger partial charge >= 0.3 is 0 Å². The number of carbonyl (C=O) groups excluding carboxylic acids is 1. The SMILES string of the molecule is C=CC1=CC(C)(CC)C(=O)N1. The number of allylic oxidation sites excluding steroid dienone is 1. The predicted octanol–water partition coefficient (Wildman–Crippen LogP) is 1.60. The summed E-state index contributed by atoms with van der Waals surface area (Å²) >= 11 is 0. The molecule has 11 heavy (non-hydrogen) atoms. The van der Waals surface area contributed by atoms with Crippen molar-refractivity contribution in [1.82, 2.24) is 5.32 Å². The van der Waals surface area contributed by atoms with Crippen molar-refractivity contribution in [1.29, 1.82) is 0 Å². The maximum absolute atomic E-state index is 11.3. The normalized spacial score (nSPS) is 29.6. The molecule has 0 saturated heterocycles. The van der Waals surface area contributed by atoms with Crippen LogP contribution in [-0.4, -0.2) is 5.91 Å². The smallest absolute Gasteiger partial charge is 0.234 e. The molecule has 1 N–H and O–H groups in total. The molecule has 1 amide bonds. The second-order valence-electron chi connectivity index (χ2n) is 3.03. The third-order valence-corrected chi connectivity index (χ3v) is 2.21. The van der Waals surface area contributed by atoms with Crippen LogP contribution in [0, 0.1) is 5.41 Å². The summed E-state index contributed by atoms with van der Waals surface area (Å²) in [6, 6.07) is 0. The Hall–Kier alpha value is -1.05. The summed E-state index contributed by atoms with van der Waals surface area (Å²) in [5.74, 6) is 0.0786. The zero-order chi connectivity index (χ0) is 8.48. The lowest BCUT2D eigenvalue weighted by Gasteiger charge is -2.14. The van der Waals surface area contributed by atoms with E-state index >= 15 is 0 Å². The number of nitrogens with one attached hydrogen (secondary N) is 1. The Labute approximate surface area is 67.0 Å². The van der Waals surface area contributed by atoms with E-state index in [1.165, 1.54) is 0 Å². The Morgan fingerprint density at radius 2 is 2.45 bits per heavy atom. The van der Waals surface area contributed by atoms with Crippen LogP contribution < -0.4 is 5.32 Å². The summed E-state index contributed by atoms with van der Waals surface area (Å²) < 4.78 is 0. The first-order chi connectivity index (χ1) is 5.12. The van der Waals surface area contributed by atoms with Gasteiger partial charge in [0.1, 0.15) is 0 Å². The maximum Gasteiger partial charge on any atom is 0.234 e. The number of carbonyl (C=O) groups is 1. The highest BCUT2D eigenvalue weighted by molar-refractivity contribution is 5.89. The fourth-order valence-electron chi connectivity index (χ4n) is 1.09. The van der Waals surface area contributed by atoms with Crippen LogP contribution in [0.2, 0.25) is 0 Å². The van der Waals surface area contributed by atoms with E-state index in [9.17, 15) is 4.79 Å². The molecule has 0 radical (unpaired) electrons. The van der Waals surface area contributed by atoms with Crippen LogP contribution in [0.5, 0.6) is 0 Å². The Balaban J connectivity index is 2.91. The van der Waals surface area contributed by atoms with E-state index in [4.69, 9.17) is 0 Å². The lowest BCUT2D eigenvalue weighted by atomic mass is 9.88. The number of amides is 1. The quantitative estimate of drug-likeness (QED) is 0.638. The predicted molar refractivity (Wildman–Crippen MR) is 44.8 cm³/mol. The van der Waals surface area contributed by atoms with Gasteiger partial charge in [0.2, 0.25) is 5.91 Å². The number of hydrogen-bond acceptors (Lipinski definition) is 1. The molecule has 2 nitrogen and oxygen atoms in total. The van der Waals surface area contributed by atoms with E-state index in [2.05, 4.69) is 11.9 Å². The maximum atomic E-state index is 11.3. The molecule has 1 rings (SSSR count). The van der Waals surface area contributed by atoms with Crippen LogP contribution in [0.1, 0.15) is 20.3 Å². The van der Waals surface area contributed by atoms with Crippen molar-refractivity contribution in [2.24, 2.45) is 5.41 Å². The van der Waals surface area contributed by atoms with E-state index in [-0.39, 0.29) is 11.3 Å². The minimum Gasteiger partial charge on any atom is -0.326 e. The van der Waals surface area contributed by atoms with Crippen molar-refractivity contribution in [3.63, 3.8) is 0 Å². The average Bonchev–Trinajstić information content (AvgIpc) is 2.29. The van der Waals surface area contributed by atoms with E-state index < -0.39 is 0 Å². The Kier molecular flexibility index (Phi) is 1.85. The fourth-order valence-corrected chi connectivity index (χ4v) is 1.09. The van der Waals surface area contributed by atoms with Crippen LogP contribution in [0.4, 0.5) is 0 Å². The summed E-state index contributed by atoms with van der Waals surface area (Å²) in [5.41, 5.74) is 0.517. The van der Waals surface area contributed by atoms with Crippen molar-refractivity contribution >= 4 is 5.91 Å². The van der Waals surface area contributed by atoms with Crippen LogP contribution in [0.3, 0.4) is 0 Å². The minimum absolute atomic E-state index is 0.0786. The van der Waals surface area contributed by atoms with E-state index in [1.807, 2.05) is 19.9 Å². The van der Waals surface area contributed by atoms with Gasteiger partial charge in [0.05, 0.1) is 5.41 Å². The van der Waals surface area contributed by atoms with Gasteiger partial charge in [0, 0.05) is 5.70 Å². The molecule has 1 aliphatic heterocycles. The standard InChI is InChI=1S/C9H13NO/c1-4-7-6-9(3,5-2)8(11)10-7/h4,6H,1,5H2,2-3H3,(H,10,11). The van der Waals surface area contributed by atoms with Gasteiger partial charge in [-0.05, 0) is 25.5 Å². The van der Waals surface area contributed by atoms with Crippen molar-refractivity contribution in [2.75, 3.05) is 0 Å². The van der Waals surface area contributed by atoms with Gasteiger partial charge in [0.25, 0.3) is 0 Å². The number of hydrogen-bond donors (Lipinski definition) is 1. The lowest BCUT2D eigenvalue weighted by Crippen LogP contribution is -2.28. The molecule has 0 fully saturated rings. The second-order valence-corrected chi connectivity index (χ2v) is 3.03. The molecule has 1 atom stereocenters. The molecule has 0 aliphatic carbocycles. The first kappa shape index (κ1) is 8.05. The van der Waals surface area contributed by atoms with Crippen molar-refractivity contribution in [3.05, 3.63) is 24.4 Å². The van der Waals surface area contributed by atoms with Crippen molar-refractivity contribution in [2.45, 2.75) is 20.3 Å². The van der Waals surface area contributed by atoms with Gasteiger partial charge in [-0.1, -0.05) is 13.5 Å². The van der Waals surface area contributed by atoms with E-state index in [1.54, 1.807) is 6.08 Å². The zero-order valence-electron chi connectivity index (χ0n) is 6.98. The van der Waals surface area contributed by atoms with Gasteiger partial charge in [-0.25, -0.2) is 0 Å². The highest BCUT2D eigenvalue weighted by Crippen LogP contribution is 2.29. The summed E-state index contributed by atoms with van der Waals surface area (Å²) in [6.45, 7) is 7.53. The third-order valence-electron chi connectivity index (χ3n) is 2.21. The first-order valence-electron chi connectivity index (χ1n) is 3.79.